The van der Waals surface area contributed by atoms with Crippen LogP contribution < -0.4 is 5.32 Å². The number of anilines is 2. The molecule has 2 aromatic heterocycles. The molecule has 4 nitrogen and oxygen atoms in total. The van der Waals surface area contributed by atoms with E-state index in [9.17, 15) is 9.90 Å². The highest BCUT2D eigenvalue weighted by molar-refractivity contribution is 7.21. The highest BCUT2D eigenvalue weighted by Gasteiger charge is 2.21. The van der Waals surface area contributed by atoms with Crippen molar-refractivity contribution in [2.45, 2.75) is 19.8 Å². The SMILES string of the molecule is CC(C)c1sc(Nc2c(C(=O)O)sc3ccccc23)nc1-c1ccc(Cl)c(Cl)c1. The number of hydrogen-bond donors (Lipinski definition) is 2. The van der Waals surface area contributed by atoms with Crippen molar-refractivity contribution in [2.75, 3.05) is 5.32 Å². The number of thiazole rings is 1. The number of thiophene rings is 1. The zero-order chi connectivity index (χ0) is 20.7. The smallest absolute Gasteiger partial charge is 0.348 e. The van der Waals surface area contributed by atoms with Gasteiger partial charge in [0.2, 0.25) is 0 Å². The standard InChI is InChI=1S/C21H16Cl2N2O2S2/c1-10(2)18-16(11-7-8-13(22)14(23)9-11)24-21(29-18)25-17-12-5-3-4-6-15(12)28-19(17)20(26)27/h3-10H,1-2H3,(H,24,25)(H,26,27). The van der Waals surface area contributed by atoms with E-state index in [0.29, 0.717) is 20.9 Å². The lowest BCUT2D eigenvalue weighted by Gasteiger charge is -2.06. The van der Waals surface area contributed by atoms with Crippen LogP contribution >= 0.6 is 45.9 Å². The molecule has 2 aromatic carbocycles. The van der Waals surface area contributed by atoms with Crippen molar-refractivity contribution >= 4 is 72.7 Å². The molecule has 0 bridgehead atoms. The fourth-order valence-electron chi connectivity index (χ4n) is 3.05. The van der Waals surface area contributed by atoms with Gasteiger partial charge in [-0.25, -0.2) is 9.78 Å². The van der Waals surface area contributed by atoms with Gasteiger partial charge in [-0.2, -0.15) is 0 Å². The maximum Gasteiger partial charge on any atom is 0.348 e. The Balaban J connectivity index is 1.81. The molecule has 29 heavy (non-hydrogen) atoms. The molecule has 4 aromatic rings. The number of carboxylic acids is 1. The minimum absolute atomic E-state index is 0.241. The van der Waals surface area contributed by atoms with Crippen LogP contribution in [0.25, 0.3) is 21.3 Å². The van der Waals surface area contributed by atoms with Crippen molar-refractivity contribution < 1.29 is 9.90 Å². The average molecular weight is 463 g/mol. The van der Waals surface area contributed by atoms with Gasteiger partial charge >= 0.3 is 5.97 Å². The summed E-state index contributed by atoms with van der Waals surface area (Å²) in [6, 6.07) is 13.1. The van der Waals surface area contributed by atoms with Crippen molar-refractivity contribution in [2.24, 2.45) is 0 Å². The Morgan fingerprint density at radius 1 is 1.10 bits per heavy atom. The number of halogens is 2. The fourth-order valence-corrected chi connectivity index (χ4v) is 5.34. The van der Waals surface area contributed by atoms with Gasteiger partial charge in [0.1, 0.15) is 4.88 Å². The molecular formula is C21H16Cl2N2O2S2. The topological polar surface area (TPSA) is 62.2 Å². The van der Waals surface area contributed by atoms with Gasteiger partial charge in [0.15, 0.2) is 5.13 Å². The summed E-state index contributed by atoms with van der Waals surface area (Å²) >= 11 is 15.0. The van der Waals surface area contributed by atoms with Gasteiger partial charge in [0.05, 0.1) is 21.4 Å². The summed E-state index contributed by atoms with van der Waals surface area (Å²) in [5.41, 5.74) is 2.27. The summed E-state index contributed by atoms with van der Waals surface area (Å²) in [5.74, 6) is -0.718. The minimum atomic E-state index is -0.959. The molecule has 0 aliphatic rings. The van der Waals surface area contributed by atoms with Gasteiger partial charge in [-0.15, -0.1) is 22.7 Å². The summed E-state index contributed by atoms with van der Waals surface area (Å²) in [4.78, 5) is 17.9. The van der Waals surface area contributed by atoms with Crippen LogP contribution in [0.5, 0.6) is 0 Å². The van der Waals surface area contributed by atoms with Crippen LogP contribution in [-0.2, 0) is 0 Å². The first-order valence-electron chi connectivity index (χ1n) is 8.83. The molecular weight excluding hydrogens is 447 g/mol. The lowest BCUT2D eigenvalue weighted by Crippen LogP contribution is -1.98. The Morgan fingerprint density at radius 2 is 1.86 bits per heavy atom. The van der Waals surface area contributed by atoms with Gasteiger partial charge in [0.25, 0.3) is 0 Å². The maximum atomic E-state index is 11.8. The molecule has 2 N–H and O–H groups in total. The molecule has 148 valence electrons. The highest BCUT2D eigenvalue weighted by Crippen LogP contribution is 2.42. The van der Waals surface area contributed by atoms with Gasteiger partial charge in [-0.05, 0) is 24.1 Å². The van der Waals surface area contributed by atoms with E-state index in [-0.39, 0.29) is 10.8 Å². The normalized spacial score (nSPS) is 11.3. The average Bonchev–Trinajstić information content (AvgIpc) is 3.27. The molecule has 0 radical (unpaired) electrons. The summed E-state index contributed by atoms with van der Waals surface area (Å²) < 4.78 is 0.915. The van der Waals surface area contributed by atoms with Crippen LogP contribution in [0.1, 0.15) is 34.3 Å². The molecule has 0 amide bonds. The van der Waals surface area contributed by atoms with Crippen LogP contribution in [0.3, 0.4) is 0 Å². The summed E-state index contributed by atoms with van der Waals surface area (Å²) in [6.45, 7) is 4.20. The lowest BCUT2D eigenvalue weighted by molar-refractivity contribution is 0.0703. The number of carbonyl (C=O) groups is 1. The van der Waals surface area contributed by atoms with E-state index in [1.165, 1.54) is 22.7 Å². The number of nitrogens with one attached hydrogen (secondary N) is 1. The van der Waals surface area contributed by atoms with Gasteiger partial charge in [-0.1, -0.05) is 61.3 Å². The Morgan fingerprint density at radius 3 is 2.55 bits per heavy atom. The second kappa shape index (κ2) is 7.95. The highest BCUT2D eigenvalue weighted by atomic mass is 35.5. The molecule has 8 heteroatoms. The number of fused-ring (bicyclic) bond motifs is 1. The third-order valence-corrected chi connectivity index (χ3v) is 7.56. The van der Waals surface area contributed by atoms with Crippen molar-refractivity contribution in [1.29, 1.82) is 0 Å². The van der Waals surface area contributed by atoms with Gasteiger partial charge < -0.3 is 10.4 Å². The van der Waals surface area contributed by atoms with Crippen LogP contribution in [-0.4, -0.2) is 16.1 Å². The quantitative estimate of drug-likeness (QED) is 0.316. The number of aromatic nitrogens is 1. The first-order chi connectivity index (χ1) is 13.8. The summed E-state index contributed by atoms with van der Waals surface area (Å²) in [6.07, 6.45) is 0. The number of hydrogen-bond acceptors (Lipinski definition) is 5. The van der Waals surface area contributed by atoms with Crippen molar-refractivity contribution in [1.82, 2.24) is 4.98 Å². The van der Waals surface area contributed by atoms with Crippen LogP contribution in [0, 0.1) is 0 Å². The maximum absolute atomic E-state index is 11.8. The molecule has 0 fully saturated rings. The van der Waals surface area contributed by atoms with Crippen molar-refractivity contribution in [3.8, 4) is 11.3 Å². The second-order valence-electron chi connectivity index (χ2n) is 6.75. The molecule has 4 rings (SSSR count). The Labute approximate surface area is 185 Å². The van der Waals surface area contributed by atoms with E-state index < -0.39 is 5.97 Å². The number of carboxylic acid groups (broad SMARTS) is 1. The second-order valence-corrected chi connectivity index (χ2v) is 9.65. The lowest BCUT2D eigenvalue weighted by atomic mass is 10.1. The van der Waals surface area contributed by atoms with E-state index in [2.05, 4.69) is 19.2 Å². The van der Waals surface area contributed by atoms with E-state index in [4.69, 9.17) is 28.2 Å². The molecule has 0 atom stereocenters. The third-order valence-electron chi connectivity index (χ3n) is 4.39. The molecule has 0 saturated carbocycles. The molecule has 0 aliphatic heterocycles. The molecule has 2 heterocycles. The zero-order valence-electron chi connectivity index (χ0n) is 15.5. The fraction of sp³-hybridized carbons (Fsp3) is 0.143. The van der Waals surface area contributed by atoms with Crippen molar-refractivity contribution in [3.63, 3.8) is 0 Å². The number of benzene rings is 2. The minimum Gasteiger partial charge on any atom is -0.477 e. The van der Waals surface area contributed by atoms with Crippen LogP contribution in [0.2, 0.25) is 10.0 Å². The Kier molecular flexibility index (Phi) is 5.53. The predicted molar refractivity (Wildman–Crippen MR) is 124 cm³/mol. The van der Waals surface area contributed by atoms with Crippen LogP contribution in [0.15, 0.2) is 42.5 Å². The zero-order valence-corrected chi connectivity index (χ0v) is 18.6. The predicted octanol–water partition coefficient (Wildman–Crippen LogP) is 7.90. The largest absolute Gasteiger partial charge is 0.477 e. The number of rotatable bonds is 5. The van der Waals surface area contributed by atoms with Crippen LogP contribution in [0.4, 0.5) is 10.8 Å². The third kappa shape index (κ3) is 3.85. The van der Waals surface area contributed by atoms with Crippen molar-refractivity contribution in [3.05, 3.63) is 62.3 Å². The van der Waals surface area contributed by atoms with E-state index in [1.54, 1.807) is 12.1 Å². The molecule has 0 spiro atoms. The first-order valence-corrected chi connectivity index (χ1v) is 11.2. The first kappa shape index (κ1) is 20.2. The summed E-state index contributed by atoms with van der Waals surface area (Å²) in [5, 5.41) is 15.4. The summed E-state index contributed by atoms with van der Waals surface area (Å²) in [7, 11) is 0. The Bertz CT molecular complexity index is 1230. The monoisotopic (exact) mass is 462 g/mol. The number of aromatic carboxylic acids is 1. The molecule has 0 saturated heterocycles. The van der Waals surface area contributed by atoms with E-state index in [1.807, 2.05) is 30.3 Å². The Hall–Kier alpha value is -2.12. The van der Waals surface area contributed by atoms with E-state index >= 15 is 0 Å². The van der Waals surface area contributed by atoms with Gasteiger partial charge in [-0.3, -0.25) is 0 Å². The van der Waals surface area contributed by atoms with Gasteiger partial charge in [0, 0.05) is 20.5 Å². The van der Waals surface area contributed by atoms with E-state index in [0.717, 1.165) is 26.2 Å². The number of nitrogens with zero attached hydrogens (tertiary/aromatic N) is 1. The molecule has 0 aliphatic carbocycles. The molecule has 0 unspecified atom stereocenters.